The molecule has 0 fully saturated rings. The maximum absolute atomic E-state index is 12.5. The van der Waals surface area contributed by atoms with Crippen LogP contribution in [0.1, 0.15) is 27.5 Å². The number of benzene rings is 1. The zero-order valence-corrected chi connectivity index (χ0v) is 17.5. The van der Waals surface area contributed by atoms with Crippen LogP contribution in [0.3, 0.4) is 0 Å². The number of furan rings is 1. The van der Waals surface area contributed by atoms with E-state index in [1.54, 1.807) is 6.20 Å². The van der Waals surface area contributed by atoms with Crippen LogP contribution in [0.25, 0.3) is 16.8 Å². The van der Waals surface area contributed by atoms with Gasteiger partial charge in [0.2, 0.25) is 0 Å². The number of hydrogen-bond donors (Lipinski definition) is 1. The van der Waals surface area contributed by atoms with E-state index in [0.717, 1.165) is 22.8 Å². The number of nitrogens with zero attached hydrogens (tertiary/aromatic N) is 4. The topological polar surface area (TPSA) is 125 Å². The molecule has 3 aromatic heterocycles. The van der Waals surface area contributed by atoms with E-state index in [0.29, 0.717) is 5.39 Å². The second-order valence-electron chi connectivity index (χ2n) is 6.98. The van der Waals surface area contributed by atoms with E-state index in [-0.39, 0.29) is 22.8 Å². The maximum Gasteiger partial charge on any atom is 0.307 e. The number of aryl methyl sites for hydroxylation is 1. The van der Waals surface area contributed by atoms with Crippen LogP contribution in [-0.4, -0.2) is 33.7 Å². The first kappa shape index (κ1) is 20.8. The first-order valence-electron chi connectivity index (χ1n) is 9.58. The molecule has 4 aromatic rings. The number of ether oxygens (including phenoxy) is 1. The molecule has 0 aliphatic rings. The van der Waals surface area contributed by atoms with E-state index >= 15 is 0 Å². The van der Waals surface area contributed by atoms with Crippen molar-refractivity contribution in [3.05, 3.63) is 81.5 Å². The summed E-state index contributed by atoms with van der Waals surface area (Å²) in [4.78, 5) is 27.4. The molecule has 162 valence electrons. The normalized spacial score (nSPS) is 11.2. The summed E-state index contributed by atoms with van der Waals surface area (Å²) in [6.45, 7) is 3.89. The van der Waals surface area contributed by atoms with Crippen molar-refractivity contribution in [3.8, 4) is 11.6 Å². The Morgan fingerprint density at radius 2 is 2.09 bits per heavy atom. The summed E-state index contributed by atoms with van der Waals surface area (Å²) < 4.78 is 12.7. The fourth-order valence-electron chi connectivity index (χ4n) is 3.45. The third kappa shape index (κ3) is 3.81. The van der Waals surface area contributed by atoms with Crippen molar-refractivity contribution >= 4 is 28.8 Å². The first-order valence-corrected chi connectivity index (χ1v) is 9.58. The fourth-order valence-corrected chi connectivity index (χ4v) is 3.45. The number of hydrogen-bond acceptors (Lipinski definition) is 7. The lowest BCUT2D eigenvalue weighted by Crippen LogP contribution is -2.16. The summed E-state index contributed by atoms with van der Waals surface area (Å²) in [5, 5.41) is 15.5. The molecular weight excluding hydrogens is 414 g/mol. The lowest BCUT2D eigenvalue weighted by molar-refractivity contribution is -0.384. The average Bonchev–Trinajstić information content (AvgIpc) is 3.34. The van der Waals surface area contributed by atoms with E-state index in [9.17, 15) is 14.9 Å². The zero-order chi connectivity index (χ0) is 22.8. The minimum Gasteiger partial charge on any atom is -0.493 e. The number of fused-ring (bicyclic) bond motifs is 1. The van der Waals surface area contributed by atoms with Gasteiger partial charge in [-0.2, -0.15) is 5.10 Å². The summed E-state index contributed by atoms with van der Waals surface area (Å²) in [6, 6.07) is 11.6. The Hall–Kier alpha value is -4.47. The smallest absolute Gasteiger partial charge is 0.307 e. The number of nitro benzene ring substituents is 1. The molecule has 10 nitrogen and oxygen atoms in total. The third-order valence-corrected chi connectivity index (χ3v) is 4.94. The van der Waals surface area contributed by atoms with Crippen molar-refractivity contribution in [2.45, 2.75) is 13.8 Å². The second-order valence-corrected chi connectivity index (χ2v) is 6.98. The Kier molecular flexibility index (Phi) is 5.42. The molecule has 10 heteroatoms. The van der Waals surface area contributed by atoms with Gasteiger partial charge in [0.15, 0.2) is 17.1 Å². The third-order valence-electron chi connectivity index (χ3n) is 4.94. The second kappa shape index (κ2) is 8.34. The number of non-ortho nitro benzene ring substituents is 1. The van der Waals surface area contributed by atoms with Crippen LogP contribution in [0, 0.1) is 24.0 Å². The van der Waals surface area contributed by atoms with Gasteiger partial charge in [-0.1, -0.05) is 6.07 Å². The van der Waals surface area contributed by atoms with Crippen molar-refractivity contribution in [2.75, 3.05) is 7.11 Å². The van der Waals surface area contributed by atoms with Crippen LogP contribution in [0.4, 0.5) is 5.69 Å². The number of hydrazone groups is 1. The number of carbonyl (C=O) groups is 1. The highest BCUT2D eigenvalue weighted by atomic mass is 16.6. The van der Waals surface area contributed by atoms with Gasteiger partial charge in [-0.15, -0.1) is 0 Å². The van der Waals surface area contributed by atoms with Crippen molar-refractivity contribution in [3.63, 3.8) is 0 Å². The van der Waals surface area contributed by atoms with Crippen molar-refractivity contribution in [2.24, 2.45) is 5.10 Å². The number of amides is 1. The van der Waals surface area contributed by atoms with E-state index in [1.807, 2.05) is 42.7 Å². The average molecular weight is 433 g/mol. The van der Waals surface area contributed by atoms with E-state index in [2.05, 4.69) is 15.5 Å². The van der Waals surface area contributed by atoms with Crippen LogP contribution < -0.4 is 10.2 Å². The molecule has 0 unspecified atom stereocenters. The number of pyridine rings is 1. The number of rotatable bonds is 6. The lowest BCUT2D eigenvalue weighted by Gasteiger charge is -2.07. The molecular formula is C22H19N5O5. The minimum absolute atomic E-state index is 0.0464. The predicted octanol–water partition coefficient (Wildman–Crippen LogP) is 3.92. The Balaban J connectivity index is 1.55. The van der Waals surface area contributed by atoms with E-state index in [1.165, 1.54) is 31.5 Å². The molecule has 0 aliphatic heterocycles. The monoisotopic (exact) mass is 433 g/mol. The molecule has 0 saturated carbocycles. The lowest BCUT2D eigenvalue weighted by atomic mass is 10.2. The molecule has 0 bridgehead atoms. The van der Waals surface area contributed by atoms with Gasteiger partial charge in [0.05, 0.1) is 24.3 Å². The van der Waals surface area contributed by atoms with Gasteiger partial charge in [0.25, 0.3) is 5.69 Å². The van der Waals surface area contributed by atoms with Crippen LogP contribution >= 0.6 is 0 Å². The molecule has 4 rings (SSSR count). The first-order chi connectivity index (χ1) is 15.4. The van der Waals surface area contributed by atoms with Crippen molar-refractivity contribution in [1.29, 1.82) is 0 Å². The summed E-state index contributed by atoms with van der Waals surface area (Å²) >= 11 is 0. The standard InChI is InChI=1S/C22H19N5O5/c1-13-8-16(14(2)26(13)20-6-4-5-7-23-20)12-24-25-22(28)19-10-15-9-17(27(29)30)11-18(31-3)21(15)32-19/h4-12H,1-3H3,(H,25,28)/b24-12-. The number of nitrogens with one attached hydrogen (secondary N) is 1. The number of carbonyl (C=O) groups excluding carboxylic acids is 1. The molecule has 1 aromatic carbocycles. The summed E-state index contributed by atoms with van der Waals surface area (Å²) in [5.74, 6) is 0.311. The van der Waals surface area contributed by atoms with Gasteiger partial charge < -0.3 is 13.7 Å². The molecule has 3 heterocycles. The number of methoxy groups -OCH3 is 1. The van der Waals surface area contributed by atoms with Crippen LogP contribution in [-0.2, 0) is 0 Å². The maximum atomic E-state index is 12.5. The number of aromatic nitrogens is 2. The predicted molar refractivity (Wildman–Crippen MR) is 118 cm³/mol. The van der Waals surface area contributed by atoms with Crippen LogP contribution in [0.15, 0.2) is 58.2 Å². The van der Waals surface area contributed by atoms with Gasteiger partial charge in [0, 0.05) is 34.6 Å². The van der Waals surface area contributed by atoms with Crippen LogP contribution in [0.5, 0.6) is 5.75 Å². The Bertz CT molecular complexity index is 1350. The van der Waals surface area contributed by atoms with Crippen molar-refractivity contribution < 1.29 is 18.9 Å². The highest BCUT2D eigenvalue weighted by Gasteiger charge is 2.19. The summed E-state index contributed by atoms with van der Waals surface area (Å²) in [7, 11) is 1.37. The molecule has 0 saturated heterocycles. The summed E-state index contributed by atoms with van der Waals surface area (Å²) in [6.07, 6.45) is 3.26. The Morgan fingerprint density at radius 1 is 1.28 bits per heavy atom. The van der Waals surface area contributed by atoms with Gasteiger partial charge >= 0.3 is 5.91 Å². The largest absolute Gasteiger partial charge is 0.493 e. The Labute approximate surface area is 182 Å². The van der Waals surface area contributed by atoms with E-state index in [4.69, 9.17) is 9.15 Å². The molecule has 0 radical (unpaired) electrons. The molecule has 0 aliphatic carbocycles. The van der Waals surface area contributed by atoms with Crippen molar-refractivity contribution in [1.82, 2.24) is 15.0 Å². The fraction of sp³-hybridized carbons (Fsp3) is 0.136. The highest BCUT2D eigenvalue weighted by Crippen LogP contribution is 2.33. The quantitative estimate of drug-likeness (QED) is 0.279. The molecule has 0 spiro atoms. The number of nitro groups is 1. The minimum atomic E-state index is -0.597. The molecule has 1 N–H and O–H groups in total. The zero-order valence-electron chi connectivity index (χ0n) is 17.5. The van der Waals surface area contributed by atoms with Crippen LogP contribution in [0.2, 0.25) is 0 Å². The SMILES string of the molecule is COc1cc([N+](=O)[O-])cc2cc(C(=O)N/N=C\c3cc(C)n(-c4ccccn4)c3C)oc12. The van der Waals surface area contributed by atoms with Gasteiger partial charge in [-0.25, -0.2) is 10.4 Å². The van der Waals surface area contributed by atoms with Gasteiger partial charge in [0.1, 0.15) is 5.82 Å². The highest BCUT2D eigenvalue weighted by molar-refractivity contribution is 5.98. The Morgan fingerprint density at radius 3 is 2.78 bits per heavy atom. The van der Waals surface area contributed by atoms with Gasteiger partial charge in [-0.05, 0) is 38.1 Å². The van der Waals surface area contributed by atoms with E-state index < -0.39 is 10.8 Å². The summed E-state index contributed by atoms with van der Waals surface area (Å²) in [5.41, 5.74) is 5.20. The molecule has 0 atom stereocenters. The molecule has 32 heavy (non-hydrogen) atoms. The molecule has 1 amide bonds. The van der Waals surface area contributed by atoms with Gasteiger partial charge in [-0.3, -0.25) is 14.9 Å².